The second-order valence-electron chi connectivity index (χ2n) is 3.83. The van der Waals surface area contributed by atoms with Crippen molar-refractivity contribution in [3.05, 3.63) is 15.9 Å². The van der Waals surface area contributed by atoms with Crippen molar-refractivity contribution in [2.45, 2.75) is 36.9 Å². The van der Waals surface area contributed by atoms with Crippen molar-refractivity contribution in [1.29, 1.82) is 0 Å². The lowest BCUT2D eigenvalue weighted by atomic mass is 10.2. The topological polar surface area (TPSA) is 37.4 Å². The Morgan fingerprint density at radius 3 is 2.39 bits per heavy atom. The van der Waals surface area contributed by atoms with Gasteiger partial charge in [0, 0.05) is 18.5 Å². The van der Waals surface area contributed by atoms with Crippen LogP contribution in [0.4, 0.5) is 0 Å². The first-order valence-corrected chi connectivity index (χ1v) is 9.38. The number of sulfonamides is 1. The van der Waals surface area contributed by atoms with Gasteiger partial charge in [0.2, 0.25) is 0 Å². The molecule has 1 aromatic rings. The highest BCUT2D eigenvalue weighted by atomic mass is 79.9. The average molecular weight is 375 g/mol. The van der Waals surface area contributed by atoms with E-state index < -0.39 is 10.0 Å². The summed E-state index contributed by atoms with van der Waals surface area (Å²) in [6, 6.07) is 3.39. The van der Waals surface area contributed by atoms with Crippen LogP contribution in [0.25, 0.3) is 0 Å². The average Bonchev–Trinajstić information content (AvgIpc) is 2.77. The molecule has 0 fully saturated rings. The molecule has 0 amide bonds. The minimum atomic E-state index is -3.43. The highest BCUT2D eigenvalue weighted by Crippen LogP contribution is 2.30. The molecule has 104 valence electrons. The fourth-order valence-electron chi connectivity index (χ4n) is 1.83. The van der Waals surface area contributed by atoms with Gasteiger partial charge in [0.15, 0.2) is 0 Å². The molecular weight excluding hydrogens is 358 g/mol. The maximum absolute atomic E-state index is 12.6. The summed E-state index contributed by atoms with van der Waals surface area (Å²) in [6.07, 6.45) is 1.58. The van der Waals surface area contributed by atoms with E-state index in [1.165, 1.54) is 15.6 Å². The van der Waals surface area contributed by atoms with E-state index in [9.17, 15) is 8.42 Å². The van der Waals surface area contributed by atoms with E-state index in [1.807, 2.05) is 13.8 Å². The second-order valence-corrected chi connectivity index (χ2v) is 8.79. The summed E-state index contributed by atoms with van der Waals surface area (Å²) in [5, 5.41) is 0. The van der Waals surface area contributed by atoms with E-state index in [1.54, 1.807) is 12.1 Å². The van der Waals surface area contributed by atoms with Crippen molar-refractivity contribution < 1.29 is 8.42 Å². The first kappa shape index (κ1) is 16.4. The molecule has 1 heterocycles. The molecule has 18 heavy (non-hydrogen) atoms. The van der Waals surface area contributed by atoms with Crippen molar-refractivity contribution in [2.24, 2.45) is 0 Å². The Labute approximate surface area is 126 Å². The summed E-state index contributed by atoms with van der Waals surface area (Å²) >= 11 is 10.3. The maximum atomic E-state index is 12.6. The Bertz CT molecular complexity index is 471. The normalized spacial score (nSPS) is 12.6. The summed E-state index contributed by atoms with van der Waals surface area (Å²) in [5.41, 5.74) is 0. The van der Waals surface area contributed by atoms with Gasteiger partial charge in [-0.1, -0.05) is 13.8 Å². The third kappa shape index (κ3) is 3.70. The van der Waals surface area contributed by atoms with E-state index in [2.05, 4.69) is 15.9 Å². The van der Waals surface area contributed by atoms with Crippen LogP contribution in [0, 0.1) is 0 Å². The first-order chi connectivity index (χ1) is 8.47. The van der Waals surface area contributed by atoms with Crippen LogP contribution in [-0.4, -0.2) is 31.2 Å². The zero-order valence-electron chi connectivity index (χ0n) is 10.4. The molecule has 0 atom stereocenters. The van der Waals surface area contributed by atoms with Crippen LogP contribution in [0.2, 0.25) is 0 Å². The van der Waals surface area contributed by atoms with Gasteiger partial charge in [-0.3, -0.25) is 0 Å². The van der Waals surface area contributed by atoms with Crippen molar-refractivity contribution in [3.63, 3.8) is 0 Å². The van der Waals surface area contributed by atoms with E-state index >= 15 is 0 Å². The van der Waals surface area contributed by atoms with Crippen LogP contribution in [0.3, 0.4) is 0 Å². The molecule has 0 bridgehead atoms. The standard InChI is InChI=1S/C11H17BrClNO2S2/c1-3-9(4-2)14(8-7-13)18(15,16)11-6-5-10(12)17-11/h5-6,9H,3-4,7-8H2,1-2H3. The number of thiophene rings is 1. The predicted molar refractivity (Wildman–Crippen MR) is 81.0 cm³/mol. The van der Waals surface area contributed by atoms with Gasteiger partial charge in [-0.25, -0.2) is 8.42 Å². The van der Waals surface area contributed by atoms with Gasteiger partial charge in [0.05, 0.1) is 3.79 Å². The zero-order chi connectivity index (χ0) is 13.8. The highest BCUT2D eigenvalue weighted by Gasteiger charge is 2.30. The van der Waals surface area contributed by atoms with E-state index in [-0.39, 0.29) is 6.04 Å². The molecule has 0 aliphatic heterocycles. The van der Waals surface area contributed by atoms with Crippen molar-refractivity contribution in [1.82, 2.24) is 4.31 Å². The third-order valence-corrected chi connectivity index (χ3v) is 6.98. The monoisotopic (exact) mass is 373 g/mol. The molecule has 0 aliphatic carbocycles. The van der Waals surface area contributed by atoms with Crippen LogP contribution in [0.5, 0.6) is 0 Å². The minimum absolute atomic E-state index is 0.00891. The lowest BCUT2D eigenvalue weighted by molar-refractivity contribution is 0.317. The van der Waals surface area contributed by atoms with Gasteiger partial charge < -0.3 is 0 Å². The van der Waals surface area contributed by atoms with Crippen LogP contribution in [0.1, 0.15) is 26.7 Å². The number of hydrogen-bond acceptors (Lipinski definition) is 3. The lowest BCUT2D eigenvalue weighted by Gasteiger charge is -2.28. The van der Waals surface area contributed by atoms with Crippen molar-refractivity contribution >= 4 is 48.9 Å². The predicted octanol–water partition coefficient (Wildman–Crippen LogP) is 3.93. The van der Waals surface area contributed by atoms with Gasteiger partial charge in [-0.2, -0.15) is 4.31 Å². The van der Waals surface area contributed by atoms with Gasteiger partial charge in [0.25, 0.3) is 10.0 Å². The van der Waals surface area contributed by atoms with E-state index in [0.29, 0.717) is 16.6 Å². The lowest BCUT2D eigenvalue weighted by Crippen LogP contribution is -2.40. The summed E-state index contributed by atoms with van der Waals surface area (Å²) in [4.78, 5) is 0. The molecular formula is C11H17BrClNO2S2. The molecule has 1 aromatic heterocycles. The number of nitrogens with zero attached hydrogens (tertiary/aromatic N) is 1. The molecule has 0 aromatic carbocycles. The molecule has 0 unspecified atom stereocenters. The molecule has 0 saturated carbocycles. The Morgan fingerprint density at radius 1 is 1.39 bits per heavy atom. The molecule has 7 heteroatoms. The molecule has 0 spiro atoms. The quantitative estimate of drug-likeness (QED) is 0.678. The molecule has 0 aliphatic rings. The number of alkyl halides is 1. The highest BCUT2D eigenvalue weighted by molar-refractivity contribution is 9.11. The van der Waals surface area contributed by atoms with E-state index in [0.717, 1.165) is 16.6 Å². The van der Waals surface area contributed by atoms with Crippen LogP contribution in [-0.2, 0) is 10.0 Å². The largest absolute Gasteiger partial charge is 0.252 e. The number of hydrogen-bond donors (Lipinski definition) is 0. The van der Waals surface area contributed by atoms with Crippen molar-refractivity contribution in [2.75, 3.05) is 12.4 Å². The Balaban J connectivity index is 3.11. The summed E-state index contributed by atoms with van der Waals surface area (Å²) < 4.78 is 27.8. The third-order valence-electron chi connectivity index (χ3n) is 2.77. The number of rotatable bonds is 7. The Hall–Kier alpha value is 0.380. The first-order valence-electron chi connectivity index (χ1n) is 5.80. The Morgan fingerprint density at radius 2 is 2.00 bits per heavy atom. The molecule has 0 N–H and O–H groups in total. The fraction of sp³-hybridized carbons (Fsp3) is 0.636. The fourth-order valence-corrected chi connectivity index (χ4v) is 6.02. The SMILES string of the molecule is CCC(CC)N(CCCl)S(=O)(=O)c1ccc(Br)s1. The van der Waals surface area contributed by atoms with Crippen LogP contribution < -0.4 is 0 Å². The second kappa shape index (κ2) is 7.24. The summed E-state index contributed by atoms with van der Waals surface area (Å²) in [6.45, 7) is 4.34. The number of halogens is 2. The van der Waals surface area contributed by atoms with Gasteiger partial charge >= 0.3 is 0 Å². The van der Waals surface area contributed by atoms with Crippen LogP contribution in [0.15, 0.2) is 20.1 Å². The van der Waals surface area contributed by atoms with Crippen molar-refractivity contribution in [3.8, 4) is 0 Å². The van der Waals surface area contributed by atoms with Crippen LogP contribution >= 0.6 is 38.9 Å². The summed E-state index contributed by atoms with van der Waals surface area (Å²) in [5.74, 6) is 0.308. The molecule has 1 rings (SSSR count). The van der Waals surface area contributed by atoms with Gasteiger partial charge in [0.1, 0.15) is 4.21 Å². The summed E-state index contributed by atoms with van der Waals surface area (Å²) in [7, 11) is -3.43. The zero-order valence-corrected chi connectivity index (χ0v) is 14.4. The molecule has 3 nitrogen and oxygen atoms in total. The maximum Gasteiger partial charge on any atom is 0.252 e. The minimum Gasteiger partial charge on any atom is -0.206 e. The van der Waals surface area contributed by atoms with E-state index in [4.69, 9.17) is 11.6 Å². The molecule has 0 saturated heterocycles. The molecule has 0 radical (unpaired) electrons. The smallest absolute Gasteiger partial charge is 0.206 e. The van der Waals surface area contributed by atoms with Gasteiger partial charge in [-0.15, -0.1) is 22.9 Å². The Kier molecular flexibility index (Phi) is 6.61. The van der Waals surface area contributed by atoms with Gasteiger partial charge in [-0.05, 0) is 40.9 Å².